The van der Waals surface area contributed by atoms with Crippen molar-refractivity contribution in [3.05, 3.63) is 47.4 Å². The highest BCUT2D eigenvalue weighted by atomic mass is 16.5. The number of aromatic amines is 1. The van der Waals surface area contributed by atoms with Crippen LogP contribution in [0.1, 0.15) is 12.0 Å². The van der Waals surface area contributed by atoms with Crippen LogP contribution in [0.4, 0.5) is 0 Å². The van der Waals surface area contributed by atoms with Crippen molar-refractivity contribution in [3.63, 3.8) is 0 Å². The van der Waals surface area contributed by atoms with E-state index in [1.54, 1.807) is 0 Å². The predicted molar refractivity (Wildman–Crippen MR) is 79.9 cm³/mol. The minimum absolute atomic E-state index is 0.150. The lowest BCUT2D eigenvalue weighted by Crippen LogP contribution is -2.34. The number of methoxy groups -OCH3 is 1. The standard InChI is InChI=1S/C16H18N2O3/c1-21-16(20)13-10-18(7-6-15(13)19)9-11-8-17-14-5-3-2-4-12(11)14/h2-5,8,17,19H,6-7,9-10H2,1H3. The molecule has 0 atom stereocenters. The van der Waals surface area contributed by atoms with Gasteiger partial charge < -0.3 is 14.8 Å². The number of hydrogen-bond acceptors (Lipinski definition) is 4. The summed E-state index contributed by atoms with van der Waals surface area (Å²) in [6.07, 6.45) is 2.48. The molecule has 21 heavy (non-hydrogen) atoms. The highest BCUT2D eigenvalue weighted by molar-refractivity contribution is 5.89. The predicted octanol–water partition coefficient (Wildman–Crippen LogP) is 2.36. The zero-order chi connectivity index (χ0) is 14.8. The fraction of sp³-hybridized carbons (Fsp3) is 0.312. The summed E-state index contributed by atoms with van der Waals surface area (Å²) >= 11 is 0. The van der Waals surface area contributed by atoms with Crippen LogP contribution >= 0.6 is 0 Å². The van der Waals surface area contributed by atoms with Gasteiger partial charge in [-0.05, 0) is 11.6 Å². The summed E-state index contributed by atoms with van der Waals surface area (Å²) in [4.78, 5) is 17.1. The Kier molecular flexibility index (Phi) is 3.66. The third kappa shape index (κ3) is 2.64. The van der Waals surface area contributed by atoms with Crippen molar-refractivity contribution in [2.75, 3.05) is 20.2 Å². The number of aliphatic hydroxyl groups is 1. The van der Waals surface area contributed by atoms with Crippen LogP contribution in [0.15, 0.2) is 41.8 Å². The molecule has 0 saturated carbocycles. The lowest BCUT2D eigenvalue weighted by Gasteiger charge is -2.27. The molecule has 0 fully saturated rings. The van der Waals surface area contributed by atoms with E-state index in [-0.39, 0.29) is 5.76 Å². The molecule has 0 amide bonds. The van der Waals surface area contributed by atoms with Gasteiger partial charge in [-0.25, -0.2) is 4.79 Å². The Hall–Kier alpha value is -2.27. The van der Waals surface area contributed by atoms with E-state index >= 15 is 0 Å². The zero-order valence-corrected chi connectivity index (χ0v) is 11.9. The SMILES string of the molecule is COC(=O)C1=C(O)CCN(Cc2c[nH]c3ccccc23)C1. The van der Waals surface area contributed by atoms with Gasteiger partial charge in [-0.1, -0.05) is 18.2 Å². The first kappa shape index (κ1) is 13.7. The van der Waals surface area contributed by atoms with Crippen LogP contribution < -0.4 is 0 Å². The molecule has 2 heterocycles. The van der Waals surface area contributed by atoms with Gasteiger partial charge in [0.25, 0.3) is 0 Å². The van der Waals surface area contributed by atoms with Gasteiger partial charge in [-0.3, -0.25) is 4.90 Å². The van der Waals surface area contributed by atoms with Gasteiger partial charge >= 0.3 is 5.97 Å². The molecule has 0 spiro atoms. The summed E-state index contributed by atoms with van der Waals surface area (Å²) in [5.74, 6) is -0.298. The lowest BCUT2D eigenvalue weighted by molar-refractivity contribution is -0.136. The van der Waals surface area contributed by atoms with E-state index in [9.17, 15) is 9.90 Å². The van der Waals surface area contributed by atoms with Crippen molar-refractivity contribution >= 4 is 16.9 Å². The smallest absolute Gasteiger partial charge is 0.338 e. The molecule has 1 aromatic carbocycles. The number of para-hydroxylation sites is 1. The number of aromatic nitrogens is 1. The van der Waals surface area contributed by atoms with E-state index in [2.05, 4.69) is 16.0 Å². The topological polar surface area (TPSA) is 65.6 Å². The van der Waals surface area contributed by atoms with Gasteiger partial charge in [0.2, 0.25) is 0 Å². The van der Waals surface area contributed by atoms with Crippen LogP contribution in [0.25, 0.3) is 10.9 Å². The van der Waals surface area contributed by atoms with Crippen LogP contribution in [0.5, 0.6) is 0 Å². The number of benzene rings is 1. The number of nitrogens with one attached hydrogen (secondary N) is 1. The molecule has 5 heteroatoms. The van der Waals surface area contributed by atoms with Gasteiger partial charge in [0.15, 0.2) is 0 Å². The maximum absolute atomic E-state index is 11.7. The Balaban J connectivity index is 1.79. The van der Waals surface area contributed by atoms with Crippen LogP contribution in [0.2, 0.25) is 0 Å². The van der Waals surface area contributed by atoms with Crippen LogP contribution in [-0.4, -0.2) is 41.2 Å². The number of fused-ring (bicyclic) bond motifs is 1. The number of H-pyrrole nitrogens is 1. The average molecular weight is 286 g/mol. The quantitative estimate of drug-likeness (QED) is 0.850. The normalized spacial score (nSPS) is 16.4. The Morgan fingerprint density at radius 3 is 3.05 bits per heavy atom. The Morgan fingerprint density at radius 2 is 2.24 bits per heavy atom. The summed E-state index contributed by atoms with van der Waals surface area (Å²) in [6, 6.07) is 8.14. The molecule has 0 aliphatic carbocycles. The van der Waals surface area contributed by atoms with E-state index in [1.165, 1.54) is 18.1 Å². The molecular formula is C16H18N2O3. The molecule has 0 radical (unpaired) electrons. The maximum atomic E-state index is 11.7. The van der Waals surface area contributed by atoms with Crippen molar-refractivity contribution in [3.8, 4) is 0 Å². The number of rotatable bonds is 3. The largest absolute Gasteiger partial charge is 0.512 e. The molecule has 1 aliphatic heterocycles. The van der Waals surface area contributed by atoms with Crippen molar-refractivity contribution < 1.29 is 14.6 Å². The minimum Gasteiger partial charge on any atom is -0.512 e. The summed E-state index contributed by atoms with van der Waals surface area (Å²) < 4.78 is 4.72. The summed E-state index contributed by atoms with van der Waals surface area (Å²) in [5, 5.41) is 11.0. The fourth-order valence-electron chi connectivity index (χ4n) is 2.75. The molecule has 2 N–H and O–H groups in total. The molecule has 0 saturated heterocycles. The van der Waals surface area contributed by atoms with Crippen molar-refractivity contribution in [2.45, 2.75) is 13.0 Å². The number of hydrogen-bond donors (Lipinski definition) is 2. The summed E-state index contributed by atoms with van der Waals surface area (Å²) in [5.41, 5.74) is 2.66. The third-order valence-corrected chi connectivity index (χ3v) is 3.90. The molecular weight excluding hydrogens is 268 g/mol. The Bertz CT molecular complexity index is 702. The van der Waals surface area contributed by atoms with E-state index in [1.807, 2.05) is 24.4 Å². The van der Waals surface area contributed by atoms with Crippen molar-refractivity contribution in [1.82, 2.24) is 9.88 Å². The molecule has 1 aromatic heterocycles. The number of ether oxygens (including phenoxy) is 1. The second-order valence-corrected chi connectivity index (χ2v) is 5.24. The van der Waals surface area contributed by atoms with Crippen molar-refractivity contribution in [2.24, 2.45) is 0 Å². The first-order chi connectivity index (χ1) is 10.2. The Labute approximate surface area is 122 Å². The van der Waals surface area contributed by atoms with Gasteiger partial charge in [0.05, 0.1) is 12.7 Å². The van der Waals surface area contributed by atoms with E-state index in [4.69, 9.17) is 4.74 Å². The fourth-order valence-corrected chi connectivity index (χ4v) is 2.75. The van der Waals surface area contributed by atoms with Crippen LogP contribution in [0.3, 0.4) is 0 Å². The molecule has 0 bridgehead atoms. The van der Waals surface area contributed by atoms with Gasteiger partial charge in [0, 0.05) is 43.2 Å². The average Bonchev–Trinajstić information content (AvgIpc) is 2.92. The summed E-state index contributed by atoms with van der Waals surface area (Å²) in [7, 11) is 1.33. The first-order valence-corrected chi connectivity index (χ1v) is 6.95. The second-order valence-electron chi connectivity index (χ2n) is 5.24. The molecule has 2 aromatic rings. The number of aliphatic hydroxyl groups excluding tert-OH is 1. The van der Waals surface area contributed by atoms with E-state index in [0.29, 0.717) is 18.5 Å². The van der Waals surface area contributed by atoms with Gasteiger partial charge in [-0.15, -0.1) is 0 Å². The number of nitrogens with zero attached hydrogens (tertiary/aromatic N) is 1. The van der Waals surface area contributed by atoms with Gasteiger partial charge in [-0.2, -0.15) is 0 Å². The zero-order valence-electron chi connectivity index (χ0n) is 11.9. The molecule has 5 nitrogen and oxygen atoms in total. The minimum atomic E-state index is -0.448. The van der Waals surface area contributed by atoms with E-state index < -0.39 is 5.97 Å². The number of carbonyl (C=O) groups is 1. The van der Waals surface area contributed by atoms with Crippen LogP contribution in [-0.2, 0) is 16.1 Å². The van der Waals surface area contributed by atoms with Gasteiger partial charge in [0.1, 0.15) is 5.76 Å². The monoisotopic (exact) mass is 286 g/mol. The molecule has 3 rings (SSSR count). The molecule has 1 aliphatic rings. The first-order valence-electron chi connectivity index (χ1n) is 6.95. The highest BCUT2D eigenvalue weighted by Crippen LogP contribution is 2.23. The highest BCUT2D eigenvalue weighted by Gasteiger charge is 2.24. The summed E-state index contributed by atoms with van der Waals surface area (Å²) in [6.45, 7) is 1.88. The number of carbonyl (C=O) groups excluding carboxylic acids is 1. The lowest BCUT2D eigenvalue weighted by atomic mass is 10.1. The third-order valence-electron chi connectivity index (χ3n) is 3.90. The second kappa shape index (κ2) is 5.61. The van der Waals surface area contributed by atoms with Crippen LogP contribution in [0, 0.1) is 0 Å². The Morgan fingerprint density at radius 1 is 1.43 bits per heavy atom. The maximum Gasteiger partial charge on any atom is 0.338 e. The molecule has 0 unspecified atom stereocenters. The molecule has 110 valence electrons. The van der Waals surface area contributed by atoms with Crippen molar-refractivity contribution in [1.29, 1.82) is 0 Å². The number of esters is 1. The van der Waals surface area contributed by atoms with E-state index in [0.717, 1.165) is 18.6 Å².